The maximum atomic E-state index is 5.61. The Morgan fingerprint density at radius 1 is 1.58 bits per heavy atom. The lowest BCUT2D eigenvalue weighted by Crippen LogP contribution is -2.07. The van der Waals surface area contributed by atoms with Crippen LogP contribution in [-0.2, 0) is 20.0 Å². The van der Waals surface area contributed by atoms with Crippen LogP contribution >= 0.6 is 0 Å². The molecular formula is C9H17N3. The Labute approximate surface area is 73.6 Å². The van der Waals surface area contributed by atoms with Gasteiger partial charge in [-0.3, -0.25) is 0 Å². The number of imidazole rings is 1. The number of aryl methyl sites for hydroxylation is 1. The number of nitrogens with two attached hydrogens (primary N) is 1. The number of hydrogen-bond acceptors (Lipinski definition) is 2. The molecule has 3 heteroatoms. The van der Waals surface area contributed by atoms with Crippen molar-refractivity contribution in [1.29, 1.82) is 0 Å². The first-order valence-electron chi connectivity index (χ1n) is 4.34. The van der Waals surface area contributed by atoms with Crippen LogP contribution in [0.1, 0.15) is 25.2 Å². The van der Waals surface area contributed by atoms with Gasteiger partial charge in [-0.25, -0.2) is 4.98 Å². The lowest BCUT2D eigenvalue weighted by atomic mass is 10.1. The Morgan fingerprint density at radius 3 is 2.75 bits per heavy atom. The van der Waals surface area contributed by atoms with E-state index in [-0.39, 0.29) is 0 Å². The minimum Gasteiger partial charge on any atom is -0.336 e. The Kier molecular flexibility index (Phi) is 2.87. The van der Waals surface area contributed by atoms with Crippen LogP contribution in [0.15, 0.2) is 6.33 Å². The first kappa shape index (κ1) is 9.26. The van der Waals surface area contributed by atoms with Crippen LogP contribution in [0.2, 0.25) is 0 Å². The van der Waals surface area contributed by atoms with Crippen LogP contribution in [0.25, 0.3) is 0 Å². The largest absolute Gasteiger partial charge is 0.336 e. The Bertz CT molecular complexity index is 250. The summed E-state index contributed by atoms with van der Waals surface area (Å²) >= 11 is 0. The fraction of sp³-hybridized carbons (Fsp3) is 0.667. The Hall–Kier alpha value is -0.830. The molecule has 0 spiro atoms. The van der Waals surface area contributed by atoms with Crippen LogP contribution in [0.4, 0.5) is 0 Å². The van der Waals surface area contributed by atoms with Crippen LogP contribution < -0.4 is 5.73 Å². The molecule has 0 aliphatic carbocycles. The summed E-state index contributed by atoms with van der Waals surface area (Å²) in [6.07, 6.45) is 2.85. The molecule has 0 amide bonds. The fourth-order valence-electron chi connectivity index (χ4n) is 1.32. The van der Waals surface area contributed by atoms with Crippen molar-refractivity contribution in [3.8, 4) is 0 Å². The van der Waals surface area contributed by atoms with Crippen molar-refractivity contribution in [3.63, 3.8) is 0 Å². The Balaban J connectivity index is 2.84. The molecule has 0 radical (unpaired) electrons. The lowest BCUT2D eigenvalue weighted by Gasteiger charge is -2.04. The van der Waals surface area contributed by atoms with Crippen molar-refractivity contribution >= 4 is 0 Å². The molecule has 1 rings (SSSR count). The zero-order chi connectivity index (χ0) is 9.14. The van der Waals surface area contributed by atoms with Crippen molar-refractivity contribution < 1.29 is 0 Å². The van der Waals surface area contributed by atoms with Crippen LogP contribution in [-0.4, -0.2) is 9.55 Å². The second-order valence-electron chi connectivity index (χ2n) is 3.55. The van der Waals surface area contributed by atoms with E-state index in [4.69, 9.17) is 5.73 Å². The maximum absolute atomic E-state index is 5.61. The van der Waals surface area contributed by atoms with Gasteiger partial charge in [0.15, 0.2) is 0 Å². The highest BCUT2D eigenvalue weighted by molar-refractivity contribution is 5.12. The first-order valence-corrected chi connectivity index (χ1v) is 4.34. The van der Waals surface area contributed by atoms with Crippen molar-refractivity contribution in [1.82, 2.24) is 9.55 Å². The molecular weight excluding hydrogens is 150 g/mol. The van der Waals surface area contributed by atoms with Gasteiger partial charge in [-0.2, -0.15) is 0 Å². The van der Waals surface area contributed by atoms with E-state index >= 15 is 0 Å². The minimum atomic E-state index is 0.582. The SMILES string of the molecule is CC(C)Cc1ncn(C)c1CN. The van der Waals surface area contributed by atoms with E-state index in [1.165, 1.54) is 0 Å². The number of aromatic nitrogens is 2. The van der Waals surface area contributed by atoms with Crippen LogP contribution in [0.5, 0.6) is 0 Å². The van der Waals surface area contributed by atoms with E-state index < -0.39 is 0 Å². The van der Waals surface area contributed by atoms with E-state index in [0.29, 0.717) is 12.5 Å². The van der Waals surface area contributed by atoms with Crippen LogP contribution in [0.3, 0.4) is 0 Å². The van der Waals surface area contributed by atoms with Gasteiger partial charge in [-0.1, -0.05) is 13.8 Å². The van der Waals surface area contributed by atoms with Crippen molar-refractivity contribution in [2.24, 2.45) is 18.7 Å². The molecule has 0 aromatic carbocycles. The summed E-state index contributed by atoms with van der Waals surface area (Å²) in [5, 5.41) is 0. The van der Waals surface area contributed by atoms with E-state index in [1.54, 1.807) is 0 Å². The molecule has 1 heterocycles. The average Bonchev–Trinajstić information content (AvgIpc) is 2.30. The first-order chi connectivity index (χ1) is 5.65. The molecule has 0 aliphatic heterocycles. The van der Waals surface area contributed by atoms with Gasteiger partial charge >= 0.3 is 0 Å². The quantitative estimate of drug-likeness (QED) is 0.732. The van der Waals surface area contributed by atoms with Gasteiger partial charge in [0.25, 0.3) is 0 Å². The van der Waals surface area contributed by atoms with Gasteiger partial charge in [0.2, 0.25) is 0 Å². The number of hydrogen-bond donors (Lipinski definition) is 1. The van der Waals surface area contributed by atoms with E-state index in [0.717, 1.165) is 17.8 Å². The molecule has 3 nitrogen and oxygen atoms in total. The maximum Gasteiger partial charge on any atom is 0.0949 e. The molecule has 0 bridgehead atoms. The van der Waals surface area contributed by atoms with Crippen molar-refractivity contribution in [3.05, 3.63) is 17.7 Å². The molecule has 0 unspecified atom stereocenters. The van der Waals surface area contributed by atoms with Gasteiger partial charge in [0, 0.05) is 13.6 Å². The van der Waals surface area contributed by atoms with E-state index in [9.17, 15) is 0 Å². The zero-order valence-corrected chi connectivity index (χ0v) is 8.04. The monoisotopic (exact) mass is 167 g/mol. The van der Waals surface area contributed by atoms with Gasteiger partial charge in [-0.05, 0) is 12.3 Å². The van der Waals surface area contributed by atoms with Crippen molar-refractivity contribution in [2.45, 2.75) is 26.8 Å². The second-order valence-corrected chi connectivity index (χ2v) is 3.55. The van der Waals surface area contributed by atoms with Gasteiger partial charge in [0.05, 0.1) is 17.7 Å². The van der Waals surface area contributed by atoms with Gasteiger partial charge in [0.1, 0.15) is 0 Å². The van der Waals surface area contributed by atoms with E-state index in [1.807, 2.05) is 17.9 Å². The average molecular weight is 167 g/mol. The third kappa shape index (κ3) is 1.85. The molecule has 0 aliphatic rings. The Morgan fingerprint density at radius 2 is 2.25 bits per heavy atom. The second kappa shape index (κ2) is 3.72. The summed E-state index contributed by atoms with van der Waals surface area (Å²) in [7, 11) is 1.99. The molecule has 68 valence electrons. The summed E-state index contributed by atoms with van der Waals surface area (Å²) in [5.41, 5.74) is 7.92. The molecule has 2 N–H and O–H groups in total. The third-order valence-corrected chi connectivity index (χ3v) is 1.94. The summed E-state index contributed by atoms with van der Waals surface area (Å²) in [5.74, 6) is 0.644. The fourth-order valence-corrected chi connectivity index (χ4v) is 1.32. The van der Waals surface area contributed by atoms with Crippen LogP contribution in [0, 0.1) is 5.92 Å². The van der Waals surface area contributed by atoms with Gasteiger partial charge < -0.3 is 10.3 Å². The minimum absolute atomic E-state index is 0.582. The van der Waals surface area contributed by atoms with Crippen molar-refractivity contribution in [2.75, 3.05) is 0 Å². The predicted molar refractivity (Wildman–Crippen MR) is 49.6 cm³/mol. The summed E-state index contributed by atoms with van der Waals surface area (Å²) in [6, 6.07) is 0. The standard InChI is InChI=1S/C9H17N3/c1-7(2)4-8-9(5-10)12(3)6-11-8/h6-7H,4-5,10H2,1-3H3. The highest BCUT2D eigenvalue weighted by atomic mass is 15.0. The number of nitrogens with zero attached hydrogens (tertiary/aromatic N) is 2. The molecule has 0 saturated carbocycles. The molecule has 0 saturated heterocycles. The zero-order valence-electron chi connectivity index (χ0n) is 8.04. The molecule has 0 fully saturated rings. The molecule has 1 aromatic rings. The van der Waals surface area contributed by atoms with Gasteiger partial charge in [-0.15, -0.1) is 0 Å². The summed E-state index contributed by atoms with van der Waals surface area (Å²) < 4.78 is 2.00. The lowest BCUT2D eigenvalue weighted by molar-refractivity contribution is 0.630. The normalized spacial score (nSPS) is 11.1. The molecule has 0 atom stereocenters. The van der Waals surface area contributed by atoms with E-state index in [2.05, 4.69) is 18.8 Å². The third-order valence-electron chi connectivity index (χ3n) is 1.94. The number of rotatable bonds is 3. The topological polar surface area (TPSA) is 43.8 Å². The molecule has 12 heavy (non-hydrogen) atoms. The highest BCUT2D eigenvalue weighted by Crippen LogP contribution is 2.10. The molecule has 1 aromatic heterocycles. The predicted octanol–water partition coefficient (Wildman–Crippen LogP) is 1.08. The smallest absolute Gasteiger partial charge is 0.0949 e. The highest BCUT2D eigenvalue weighted by Gasteiger charge is 2.07. The summed E-state index contributed by atoms with van der Waals surface area (Å²) in [6.45, 7) is 4.96. The summed E-state index contributed by atoms with van der Waals surface area (Å²) in [4.78, 5) is 4.31.